The molecular weight excluding hydrogens is 260 g/mol. The van der Waals surface area contributed by atoms with E-state index in [4.69, 9.17) is 5.73 Å². The van der Waals surface area contributed by atoms with Gasteiger partial charge in [-0.25, -0.2) is 0 Å². The van der Waals surface area contributed by atoms with Gasteiger partial charge in [-0.3, -0.25) is 4.79 Å². The third kappa shape index (κ3) is 3.48. The van der Waals surface area contributed by atoms with Gasteiger partial charge in [0.25, 0.3) is 0 Å². The lowest BCUT2D eigenvalue weighted by Crippen LogP contribution is -2.37. The average molecular weight is 283 g/mol. The summed E-state index contributed by atoms with van der Waals surface area (Å²) in [4.78, 5) is 12.2. The largest absolute Gasteiger partial charge is 0.329 e. The summed E-state index contributed by atoms with van der Waals surface area (Å²) in [6.45, 7) is 4.10. The maximum Gasteiger partial charge on any atom is 0.231 e. The number of nitrogens with one attached hydrogen (secondary N) is 1. The number of aryl methyl sites for hydroxylation is 1. The van der Waals surface area contributed by atoms with Gasteiger partial charge in [0.1, 0.15) is 0 Å². The summed E-state index contributed by atoms with van der Waals surface area (Å²) in [5.74, 6) is 0.00368. The number of benzene rings is 1. The van der Waals surface area contributed by atoms with Crippen LogP contribution in [0.5, 0.6) is 0 Å². The van der Waals surface area contributed by atoms with Crippen LogP contribution in [0.2, 0.25) is 0 Å². The maximum atomic E-state index is 12.2. The van der Waals surface area contributed by atoms with E-state index in [9.17, 15) is 4.79 Å². The number of amides is 1. The van der Waals surface area contributed by atoms with Gasteiger partial charge in [-0.15, -0.1) is 12.4 Å². The zero-order valence-electron chi connectivity index (χ0n) is 11.7. The number of nitrogens with two attached hydrogens (primary N) is 1. The molecule has 1 aliphatic rings. The Morgan fingerprint density at radius 3 is 2.68 bits per heavy atom. The van der Waals surface area contributed by atoms with E-state index in [0.717, 1.165) is 18.5 Å². The third-order valence-corrected chi connectivity index (χ3v) is 3.77. The van der Waals surface area contributed by atoms with Crippen molar-refractivity contribution in [3.63, 3.8) is 0 Å². The fourth-order valence-electron chi connectivity index (χ4n) is 2.28. The molecule has 0 heterocycles. The topological polar surface area (TPSA) is 55.1 Å². The van der Waals surface area contributed by atoms with Crippen LogP contribution < -0.4 is 11.1 Å². The highest BCUT2D eigenvalue weighted by atomic mass is 35.5. The third-order valence-electron chi connectivity index (χ3n) is 3.77. The molecule has 1 aliphatic carbocycles. The molecule has 3 N–H and O–H groups in total. The van der Waals surface area contributed by atoms with E-state index in [0.29, 0.717) is 6.54 Å². The van der Waals surface area contributed by atoms with E-state index >= 15 is 0 Å². The van der Waals surface area contributed by atoms with Crippen LogP contribution in [0.1, 0.15) is 37.8 Å². The molecule has 1 amide bonds. The van der Waals surface area contributed by atoms with Crippen molar-refractivity contribution in [2.24, 2.45) is 11.1 Å². The highest BCUT2D eigenvalue weighted by Crippen LogP contribution is 2.29. The Morgan fingerprint density at radius 2 is 2.00 bits per heavy atom. The molecule has 0 atom stereocenters. The van der Waals surface area contributed by atoms with Crippen LogP contribution in [-0.2, 0) is 17.6 Å². The number of fused-ring (bicyclic) bond motifs is 1. The Kier molecular flexibility index (Phi) is 5.39. The molecule has 1 aromatic rings. The Hall–Kier alpha value is -1.06. The number of rotatable bonds is 3. The van der Waals surface area contributed by atoms with Crippen LogP contribution in [0.15, 0.2) is 18.2 Å². The summed E-state index contributed by atoms with van der Waals surface area (Å²) in [7, 11) is 0. The molecule has 0 bridgehead atoms. The molecule has 106 valence electrons. The van der Waals surface area contributed by atoms with E-state index in [1.165, 1.54) is 24.0 Å². The molecule has 0 aromatic heterocycles. The van der Waals surface area contributed by atoms with Gasteiger partial charge in [-0.2, -0.15) is 0 Å². The average Bonchev–Trinajstić information content (AvgIpc) is 2.39. The summed E-state index contributed by atoms with van der Waals surface area (Å²) in [5.41, 5.74) is 8.78. The predicted molar refractivity (Wildman–Crippen MR) is 81.8 cm³/mol. The minimum Gasteiger partial charge on any atom is -0.329 e. The first-order valence-corrected chi connectivity index (χ1v) is 6.67. The molecule has 0 unspecified atom stereocenters. The highest BCUT2D eigenvalue weighted by molar-refractivity contribution is 5.95. The maximum absolute atomic E-state index is 12.2. The van der Waals surface area contributed by atoms with Gasteiger partial charge in [0.05, 0.1) is 5.41 Å². The quantitative estimate of drug-likeness (QED) is 0.896. The van der Waals surface area contributed by atoms with Crippen molar-refractivity contribution in [3.8, 4) is 0 Å². The smallest absolute Gasteiger partial charge is 0.231 e. The fraction of sp³-hybridized carbons (Fsp3) is 0.533. The second-order valence-electron chi connectivity index (χ2n) is 5.69. The van der Waals surface area contributed by atoms with Gasteiger partial charge in [0.2, 0.25) is 5.91 Å². The summed E-state index contributed by atoms with van der Waals surface area (Å²) >= 11 is 0. The molecule has 19 heavy (non-hydrogen) atoms. The molecule has 0 saturated heterocycles. The molecule has 2 rings (SSSR count). The van der Waals surface area contributed by atoms with Crippen molar-refractivity contribution in [2.75, 3.05) is 11.9 Å². The van der Waals surface area contributed by atoms with Crippen LogP contribution in [0.4, 0.5) is 5.69 Å². The van der Waals surface area contributed by atoms with E-state index < -0.39 is 5.41 Å². The van der Waals surface area contributed by atoms with Crippen molar-refractivity contribution in [1.29, 1.82) is 0 Å². The first-order valence-electron chi connectivity index (χ1n) is 6.67. The lowest BCUT2D eigenvalue weighted by Gasteiger charge is -2.24. The zero-order chi connectivity index (χ0) is 13.2. The first-order chi connectivity index (χ1) is 8.54. The molecule has 0 saturated carbocycles. The second kappa shape index (κ2) is 6.40. The van der Waals surface area contributed by atoms with Crippen molar-refractivity contribution < 1.29 is 4.79 Å². The summed E-state index contributed by atoms with van der Waals surface area (Å²) in [5, 5.41) is 3.04. The summed E-state index contributed by atoms with van der Waals surface area (Å²) in [6.07, 6.45) is 4.65. The Balaban J connectivity index is 0.00000180. The van der Waals surface area contributed by atoms with E-state index in [1.807, 2.05) is 26.0 Å². The minimum atomic E-state index is -0.516. The van der Waals surface area contributed by atoms with Crippen molar-refractivity contribution in [1.82, 2.24) is 0 Å². The lowest BCUT2D eigenvalue weighted by molar-refractivity contribution is -0.123. The van der Waals surface area contributed by atoms with Crippen LogP contribution >= 0.6 is 12.4 Å². The monoisotopic (exact) mass is 282 g/mol. The first kappa shape index (κ1) is 16.0. The molecular formula is C15H23ClN2O. The van der Waals surface area contributed by atoms with Crippen LogP contribution in [-0.4, -0.2) is 12.5 Å². The van der Waals surface area contributed by atoms with Gasteiger partial charge >= 0.3 is 0 Å². The summed E-state index contributed by atoms with van der Waals surface area (Å²) in [6, 6.07) is 6.18. The van der Waals surface area contributed by atoms with E-state index in [2.05, 4.69) is 11.4 Å². The van der Waals surface area contributed by atoms with Gasteiger partial charge in [-0.05, 0) is 56.7 Å². The number of carbonyl (C=O) groups excluding carboxylic acids is 1. The standard InChI is InChI=1S/C15H22N2O.ClH/c1-15(2,10-16)14(18)17-13-9-5-7-11-6-3-4-8-12(11)13;/h5,7,9H,3-4,6,8,10,16H2,1-2H3,(H,17,18);1H. The molecule has 0 spiro atoms. The molecule has 0 fully saturated rings. The van der Waals surface area contributed by atoms with E-state index in [1.54, 1.807) is 0 Å². The van der Waals surface area contributed by atoms with Gasteiger partial charge in [0, 0.05) is 12.2 Å². The van der Waals surface area contributed by atoms with Crippen molar-refractivity contribution >= 4 is 24.0 Å². The van der Waals surface area contributed by atoms with Crippen LogP contribution in [0.3, 0.4) is 0 Å². The second-order valence-corrected chi connectivity index (χ2v) is 5.69. The number of hydrogen-bond acceptors (Lipinski definition) is 2. The van der Waals surface area contributed by atoms with Gasteiger partial charge in [-0.1, -0.05) is 12.1 Å². The minimum absolute atomic E-state index is 0. The number of hydrogen-bond donors (Lipinski definition) is 2. The zero-order valence-corrected chi connectivity index (χ0v) is 12.5. The Bertz CT molecular complexity index is 457. The number of carbonyl (C=O) groups is 1. The van der Waals surface area contributed by atoms with Crippen LogP contribution in [0.25, 0.3) is 0 Å². The highest BCUT2D eigenvalue weighted by Gasteiger charge is 2.26. The van der Waals surface area contributed by atoms with Crippen LogP contribution in [0, 0.1) is 5.41 Å². The molecule has 4 heteroatoms. The normalized spacial score (nSPS) is 14.3. The molecule has 1 aromatic carbocycles. The Morgan fingerprint density at radius 1 is 1.32 bits per heavy atom. The fourth-order valence-corrected chi connectivity index (χ4v) is 2.28. The van der Waals surface area contributed by atoms with E-state index in [-0.39, 0.29) is 18.3 Å². The molecule has 0 aliphatic heterocycles. The van der Waals surface area contributed by atoms with Gasteiger partial charge in [0.15, 0.2) is 0 Å². The lowest BCUT2D eigenvalue weighted by atomic mass is 9.89. The molecule has 3 nitrogen and oxygen atoms in total. The SMILES string of the molecule is CC(C)(CN)C(=O)Nc1cccc2c1CCCC2.Cl. The Labute approximate surface area is 121 Å². The predicted octanol–water partition coefficient (Wildman–Crippen LogP) is 2.91. The van der Waals surface area contributed by atoms with Gasteiger partial charge < -0.3 is 11.1 Å². The van der Waals surface area contributed by atoms with Crippen molar-refractivity contribution in [2.45, 2.75) is 39.5 Å². The number of anilines is 1. The van der Waals surface area contributed by atoms with Crippen molar-refractivity contribution in [3.05, 3.63) is 29.3 Å². The molecule has 0 radical (unpaired) electrons. The summed E-state index contributed by atoms with van der Waals surface area (Å²) < 4.78 is 0. The number of halogens is 1.